The Labute approximate surface area is 188 Å². The van der Waals surface area contributed by atoms with Crippen molar-refractivity contribution in [1.29, 1.82) is 0 Å². The Morgan fingerprint density at radius 2 is 1.28 bits per heavy atom. The van der Waals surface area contributed by atoms with Gasteiger partial charge in [0.1, 0.15) is 38.0 Å². The summed E-state index contributed by atoms with van der Waals surface area (Å²) < 4.78 is 39.7. The third kappa shape index (κ3) is 7.33. The normalized spacial score (nSPS) is 25.7. The predicted octanol–water partition coefficient (Wildman–Crippen LogP) is 2.48. The lowest BCUT2D eigenvalue weighted by molar-refractivity contribution is -0.324. The standard InChI is InChI=1S/C24H32O8/c1-26-16-28-15-20-21(29-13-18-9-5-3-6-10-18)22(31-17-27-2)23(24(25)32-20)30-14-19-11-7-4-8-12-19/h3-12,20-25H,13-17H2,1-2H3/t20-,21-,22+,23-,24?/m1/s1. The van der Waals surface area contributed by atoms with E-state index in [-0.39, 0.29) is 26.8 Å². The van der Waals surface area contributed by atoms with Crippen molar-refractivity contribution in [3.63, 3.8) is 0 Å². The molecule has 0 spiro atoms. The molecule has 1 aliphatic rings. The first-order valence-corrected chi connectivity index (χ1v) is 10.5. The van der Waals surface area contributed by atoms with Gasteiger partial charge in [0, 0.05) is 14.2 Å². The van der Waals surface area contributed by atoms with Gasteiger partial charge in [-0.25, -0.2) is 0 Å². The fourth-order valence-corrected chi connectivity index (χ4v) is 3.53. The number of ether oxygens (including phenoxy) is 7. The molecule has 2 aromatic rings. The van der Waals surface area contributed by atoms with Gasteiger partial charge in [0.05, 0.1) is 19.8 Å². The number of aliphatic hydroxyl groups is 1. The highest BCUT2D eigenvalue weighted by molar-refractivity contribution is 5.14. The molecule has 8 heteroatoms. The van der Waals surface area contributed by atoms with Gasteiger partial charge >= 0.3 is 0 Å². The maximum Gasteiger partial charge on any atom is 0.184 e. The molecule has 176 valence electrons. The van der Waals surface area contributed by atoms with Crippen molar-refractivity contribution in [1.82, 2.24) is 0 Å². The molecule has 5 atom stereocenters. The van der Waals surface area contributed by atoms with Crippen molar-refractivity contribution in [2.75, 3.05) is 34.4 Å². The van der Waals surface area contributed by atoms with Crippen LogP contribution in [0.1, 0.15) is 11.1 Å². The third-order valence-corrected chi connectivity index (χ3v) is 5.04. The first-order valence-electron chi connectivity index (χ1n) is 10.5. The van der Waals surface area contributed by atoms with Crippen LogP contribution in [0, 0.1) is 0 Å². The van der Waals surface area contributed by atoms with E-state index in [0.717, 1.165) is 11.1 Å². The molecule has 1 unspecified atom stereocenters. The molecule has 32 heavy (non-hydrogen) atoms. The van der Waals surface area contributed by atoms with Crippen LogP contribution in [0.5, 0.6) is 0 Å². The van der Waals surface area contributed by atoms with E-state index >= 15 is 0 Å². The monoisotopic (exact) mass is 448 g/mol. The van der Waals surface area contributed by atoms with Gasteiger partial charge in [-0.05, 0) is 11.1 Å². The van der Waals surface area contributed by atoms with Crippen LogP contribution in [0.15, 0.2) is 60.7 Å². The van der Waals surface area contributed by atoms with Crippen LogP contribution < -0.4 is 0 Å². The molecule has 8 nitrogen and oxygen atoms in total. The Balaban J connectivity index is 1.76. The molecule has 0 bridgehead atoms. The topological polar surface area (TPSA) is 84.8 Å². The molecular weight excluding hydrogens is 416 g/mol. The highest BCUT2D eigenvalue weighted by atomic mass is 16.7. The number of rotatable bonds is 13. The van der Waals surface area contributed by atoms with Gasteiger partial charge < -0.3 is 38.3 Å². The Morgan fingerprint density at radius 1 is 0.719 bits per heavy atom. The van der Waals surface area contributed by atoms with Crippen molar-refractivity contribution in [2.24, 2.45) is 0 Å². The molecule has 0 aromatic heterocycles. The molecule has 2 aromatic carbocycles. The average molecular weight is 449 g/mol. The number of hydrogen-bond donors (Lipinski definition) is 1. The fraction of sp³-hybridized carbons (Fsp3) is 0.500. The zero-order valence-corrected chi connectivity index (χ0v) is 18.5. The van der Waals surface area contributed by atoms with E-state index in [1.165, 1.54) is 14.2 Å². The van der Waals surface area contributed by atoms with Crippen molar-refractivity contribution >= 4 is 0 Å². The molecule has 3 rings (SSSR count). The minimum Gasteiger partial charge on any atom is -0.368 e. The second-order valence-electron chi connectivity index (χ2n) is 7.40. The van der Waals surface area contributed by atoms with Crippen LogP contribution in [0.3, 0.4) is 0 Å². The Morgan fingerprint density at radius 3 is 1.84 bits per heavy atom. The van der Waals surface area contributed by atoms with E-state index in [0.29, 0.717) is 6.61 Å². The lowest BCUT2D eigenvalue weighted by Crippen LogP contribution is -2.61. The van der Waals surface area contributed by atoms with Crippen molar-refractivity contribution < 1.29 is 38.3 Å². The summed E-state index contributed by atoms with van der Waals surface area (Å²) in [6, 6.07) is 19.5. The number of hydrogen-bond acceptors (Lipinski definition) is 8. The molecule has 1 N–H and O–H groups in total. The highest BCUT2D eigenvalue weighted by Crippen LogP contribution is 2.29. The fourth-order valence-electron chi connectivity index (χ4n) is 3.53. The minimum atomic E-state index is -1.23. The SMILES string of the molecule is COCOC[C@H]1OC(O)[C@H](OCc2ccccc2)[C@@H](OCOC)[C@@H]1OCc1ccccc1. The molecule has 1 aliphatic heterocycles. The van der Waals surface area contributed by atoms with Crippen LogP contribution in [-0.4, -0.2) is 70.2 Å². The summed E-state index contributed by atoms with van der Waals surface area (Å²) in [6.07, 6.45) is -3.84. The van der Waals surface area contributed by atoms with E-state index in [4.69, 9.17) is 33.2 Å². The van der Waals surface area contributed by atoms with Crippen molar-refractivity contribution in [3.05, 3.63) is 71.8 Å². The molecule has 1 fully saturated rings. The summed E-state index contributed by atoms with van der Waals surface area (Å²) in [5, 5.41) is 10.7. The summed E-state index contributed by atoms with van der Waals surface area (Å²) in [5.74, 6) is 0. The summed E-state index contributed by atoms with van der Waals surface area (Å²) in [6.45, 7) is 0.889. The van der Waals surface area contributed by atoms with E-state index < -0.39 is 30.7 Å². The van der Waals surface area contributed by atoms with Crippen LogP contribution >= 0.6 is 0 Å². The van der Waals surface area contributed by atoms with Crippen molar-refractivity contribution in [2.45, 2.75) is 43.9 Å². The third-order valence-electron chi connectivity index (χ3n) is 5.04. The Hall–Kier alpha value is -1.88. The van der Waals surface area contributed by atoms with Gasteiger partial charge in [-0.15, -0.1) is 0 Å². The van der Waals surface area contributed by atoms with Crippen molar-refractivity contribution in [3.8, 4) is 0 Å². The molecule has 1 heterocycles. The Kier molecular flexibility index (Phi) is 10.5. The molecule has 1 saturated heterocycles. The summed E-state index contributed by atoms with van der Waals surface area (Å²) in [7, 11) is 3.08. The first-order chi connectivity index (χ1) is 15.7. The van der Waals surface area contributed by atoms with Gasteiger partial charge in [-0.3, -0.25) is 0 Å². The smallest absolute Gasteiger partial charge is 0.184 e. The van der Waals surface area contributed by atoms with Gasteiger partial charge in [0.25, 0.3) is 0 Å². The van der Waals surface area contributed by atoms with Crippen LogP contribution in [-0.2, 0) is 46.4 Å². The highest BCUT2D eigenvalue weighted by Gasteiger charge is 2.48. The van der Waals surface area contributed by atoms with E-state index in [9.17, 15) is 5.11 Å². The maximum absolute atomic E-state index is 10.7. The number of aliphatic hydroxyl groups excluding tert-OH is 1. The van der Waals surface area contributed by atoms with Gasteiger partial charge in [0.15, 0.2) is 6.29 Å². The summed E-state index contributed by atoms with van der Waals surface area (Å²) >= 11 is 0. The predicted molar refractivity (Wildman–Crippen MR) is 115 cm³/mol. The van der Waals surface area contributed by atoms with Gasteiger partial charge in [0.2, 0.25) is 0 Å². The second kappa shape index (κ2) is 13.6. The molecule has 0 saturated carbocycles. The van der Waals surface area contributed by atoms with Crippen LogP contribution in [0.25, 0.3) is 0 Å². The summed E-state index contributed by atoms with van der Waals surface area (Å²) in [5.41, 5.74) is 1.97. The quantitative estimate of drug-likeness (QED) is 0.370. The van der Waals surface area contributed by atoms with E-state index in [1.54, 1.807) is 0 Å². The van der Waals surface area contributed by atoms with E-state index in [1.807, 2.05) is 60.7 Å². The van der Waals surface area contributed by atoms with Crippen LogP contribution in [0.4, 0.5) is 0 Å². The number of benzene rings is 2. The van der Waals surface area contributed by atoms with E-state index in [2.05, 4.69) is 0 Å². The lowest BCUT2D eigenvalue weighted by atomic mass is 9.98. The Bertz CT molecular complexity index is 744. The second-order valence-corrected chi connectivity index (χ2v) is 7.40. The van der Waals surface area contributed by atoms with Gasteiger partial charge in [-0.2, -0.15) is 0 Å². The van der Waals surface area contributed by atoms with Gasteiger partial charge in [-0.1, -0.05) is 60.7 Å². The first kappa shape index (κ1) is 24.8. The molecular formula is C24H32O8. The summed E-state index contributed by atoms with van der Waals surface area (Å²) in [4.78, 5) is 0. The number of methoxy groups -OCH3 is 2. The average Bonchev–Trinajstić information content (AvgIpc) is 2.83. The molecule has 0 amide bonds. The zero-order valence-electron chi connectivity index (χ0n) is 18.5. The minimum absolute atomic E-state index is 0.0133. The van der Waals surface area contributed by atoms with Crippen LogP contribution in [0.2, 0.25) is 0 Å². The zero-order chi connectivity index (χ0) is 22.6. The lowest BCUT2D eigenvalue weighted by Gasteiger charge is -2.44. The molecule has 0 aliphatic carbocycles. The molecule has 0 radical (unpaired) electrons. The largest absolute Gasteiger partial charge is 0.368 e. The maximum atomic E-state index is 10.7.